The summed E-state index contributed by atoms with van der Waals surface area (Å²) in [5.41, 5.74) is 0.704. The van der Waals surface area contributed by atoms with Crippen LogP contribution in [0.2, 0.25) is 0 Å². The van der Waals surface area contributed by atoms with E-state index in [2.05, 4.69) is 29.5 Å². The molecule has 1 unspecified atom stereocenters. The van der Waals surface area contributed by atoms with Gasteiger partial charge in [0.15, 0.2) is 0 Å². The van der Waals surface area contributed by atoms with Gasteiger partial charge in [0.25, 0.3) is 0 Å². The molecule has 0 aliphatic carbocycles. The van der Waals surface area contributed by atoms with Gasteiger partial charge in [-0.3, -0.25) is 9.48 Å². The summed E-state index contributed by atoms with van der Waals surface area (Å²) in [4.78, 5) is 15.2. The number of nitrogens with zero attached hydrogens (tertiary/aromatic N) is 3. The second-order valence-corrected chi connectivity index (χ2v) is 6.73. The minimum Gasteiger partial charge on any atom is -0.343 e. The Bertz CT molecular complexity index is 647. The number of benzene rings is 1. The van der Waals surface area contributed by atoms with Gasteiger partial charge in [-0.25, -0.2) is 0 Å². The third kappa shape index (κ3) is 3.22. The largest absolute Gasteiger partial charge is 0.343 e. The van der Waals surface area contributed by atoms with Crippen LogP contribution in [0.4, 0.5) is 0 Å². The summed E-state index contributed by atoms with van der Waals surface area (Å²) in [6, 6.07) is 12.3. The van der Waals surface area contributed by atoms with Gasteiger partial charge in [0.2, 0.25) is 5.91 Å². The minimum absolute atomic E-state index is 0.162. The highest BCUT2D eigenvalue weighted by atomic mass is 16.2. The van der Waals surface area contributed by atoms with Crippen LogP contribution in [0.15, 0.2) is 48.8 Å². The molecule has 1 N–H and O–H groups in total. The van der Waals surface area contributed by atoms with E-state index in [9.17, 15) is 4.79 Å². The van der Waals surface area contributed by atoms with Gasteiger partial charge in [-0.1, -0.05) is 37.3 Å². The van der Waals surface area contributed by atoms with Crippen LogP contribution in [-0.4, -0.2) is 47.3 Å². The molecule has 24 heavy (non-hydrogen) atoms. The van der Waals surface area contributed by atoms with Crippen molar-refractivity contribution in [2.75, 3.05) is 26.7 Å². The number of carbonyl (C=O) groups excluding carboxylic acids is 1. The molecule has 1 fully saturated rings. The molecule has 1 aliphatic heterocycles. The second-order valence-electron chi connectivity index (χ2n) is 6.73. The normalized spacial score (nSPS) is 18.1. The molecule has 1 aliphatic rings. The van der Waals surface area contributed by atoms with Crippen LogP contribution in [0.5, 0.6) is 0 Å². The van der Waals surface area contributed by atoms with Crippen molar-refractivity contribution in [2.24, 2.45) is 0 Å². The molecule has 2 aromatic rings. The molecule has 1 amide bonds. The van der Waals surface area contributed by atoms with Crippen LogP contribution >= 0.6 is 0 Å². The van der Waals surface area contributed by atoms with Gasteiger partial charge < -0.3 is 10.2 Å². The molecule has 128 valence electrons. The smallest absolute Gasteiger partial charge is 0.250 e. The lowest BCUT2D eigenvalue weighted by Gasteiger charge is -2.39. The highest BCUT2D eigenvalue weighted by Gasteiger charge is 2.43. The molecule has 1 saturated heterocycles. The topological polar surface area (TPSA) is 50.2 Å². The number of rotatable bonds is 5. The predicted molar refractivity (Wildman–Crippen MR) is 94.8 cm³/mol. The first-order valence-electron chi connectivity index (χ1n) is 8.65. The standard InChI is InChI=1S/C19H26N4O/c1-16(17-7-4-3-5-8-17)15-22(2)18(24)19(9-12-20-13-10-19)23-14-6-11-21-23/h3-8,11,14,16,20H,9-10,12-13,15H2,1-2H3. The lowest BCUT2D eigenvalue weighted by atomic mass is 9.86. The molecule has 1 aromatic carbocycles. The summed E-state index contributed by atoms with van der Waals surface area (Å²) in [6.45, 7) is 4.56. The molecule has 0 spiro atoms. The van der Waals surface area contributed by atoms with Crippen LogP contribution in [0.25, 0.3) is 0 Å². The van der Waals surface area contributed by atoms with E-state index < -0.39 is 5.54 Å². The van der Waals surface area contributed by atoms with Crippen LogP contribution in [0.1, 0.15) is 31.2 Å². The van der Waals surface area contributed by atoms with Crippen molar-refractivity contribution in [3.05, 3.63) is 54.4 Å². The maximum absolute atomic E-state index is 13.3. The van der Waals surface area contributed by atoms with Crippen molar-refractivity contribution in [3.8, 4) is 0 Å². The van der Waals surface area contributed by atoms with Crippen molar-refractivity contribution in [1.29, 1.82) is 0 Å². The number of hydrogen-bond acceptors (Lipinski definition) is 3. The number of carbonyl (C=O) groups is 1. The molecular formula is C19H26N4O. The van der Waals surface area contributed by atoms with Crippen molar-refractivity contribution in [1.82, 2.24) is 20.0 Å². The van der Waals surface area contributed by atoms with E-state index in [1.165, 1.54) is 5.56 Å². The maximum Gasteiger partial charge on any atom is 0.250 e. The highest BCUT2D eigenvalue weighted by Crippen LogP contribution is 2.30. The van der Waals surface area contributed by atoms with Crippen molar-refractivity contribution >= 4 is 5.91 Å². The molecule has 1 atom stereocenters. The minimum atomic E-state index is -0.556. The number of piperidine rings is 1. The first kappa shape index (κ1) is 16.7. The first-order chi connectivity index (χ1) is 11.6. The molecule has 5 nitrogen and oxygen atoms in total. The summed E-state index contributed by atoms with van der Waals surface area (Å²) in [5, 5.41) is 7.74. The Kier molecular flexibility index (Phi) is 5.00. The van der Waals surface area contributed by atoms with E-state index in [1.807, 2.05) is 47.1 Å². The lowest BCUT2D eigenvalue weighted by molar-refractivity contribution is -0.142. The summed E-state index contributed by atoms with van der Waals surface area (Å²) in [5.74, 6) is 0.465. The highest BCUT2D eigenvalue weighted by molar-refractivity contribution is 5.84. The van der Waals surface area contributed by atoms with E-state index in [-0.39, 0.29) is 5.91 Å². The number of likely N-dealkylation sites (N-methyl/N-ethyl adjacent to an activating group) is 1. The maximum atomic E-state index is 13.3. The van der Waals surface area contributed by atoms with Crippen LogP contribution in [-0.2, 0) is 10.3 Å². The van der Waals surface area contributed by atoms with Crippen molar-refractivity contribution in [3.63, 3.8) is 0 Å². The molecule has 3 rings (SSSR count). The van der Waals surface area contributed by atoms with Gasteiger partial charge in [-0.05, 0) is 43.5 Å². The van der Waals surface area contributed by atoms with Crippen molar-refractivity contribution < 1.29 is 4.79 Å². The summed E-state index contributed by atoms with van der Waals surface area (Å²) in [6.07, 6.45) is 5.22. The average molecular weight is 326 g/mol. The van der Waals surface area contributed by atoms with E-state index in [4.69, 9.17) is 0 Å². The molecule has 0 radical (unpaired) electrons. The first-order valence-corrected chi connectivity index (χ1v) is 8.65. The quantitative estimate of drug-likeness (QED) is 0.917. The van der Waals surface area contributed by atoms with Gasteiger partial charge in [0.05, 0.1) is 0 Å². The van der Waals surface area contributed by atoms with E-state index >= 15 is 0 Å². The predicted octanol–water partition coefficient (Wildman–Crippen LogP) is 2.22. The molecule has 2 heterocycles. The van der Waals surface area contributed by atoms with E-state index in [0.29, 0.717) is 12.5 Å². The summed E-state index contributed by atoms with van der Waals surface area (Å²) < 4.78 is 1.86. The monoisotopic (exact) mass is 326 g/mol. The average Bonchev–Trinajstić information content (AvgIpc) is 3.17. The Hall–Kier alpha value is -2.14. The Morgan fingerprint density at radius 2 is 2.00 bits per heavy atom. The molecule has 0 saturated carbocycles. The number of hydrogen-bond donors (Lipinski definition) is 1. The fourth-order valence-corrected chi connectivity index (χ4v) is 3.64. The van der Waals surface area contributed by atoms with E-state index in [0.717, 1.165) is 25.9 Å². The van der Waals surface area contributed by atoms with Gasteiger partial charge >= 0.3 is 0 Å². The van der Waals surface area contributed by atoms with Gasteiger partial charge in [-0.2, -0.15) is 5.10 Å². The van der Waals surface area contributed by atoms with Crippen molar-refractivity contribution in [2.45, 2.75) is 31.2 Å². The fourth-order valence-electron chi connectivity index (χ4n) is 3.64. The van der Waals surface area contributed by atoms with E-state index in [1.54, 1.807) is 6.20 Å². The van der Waals surface area contributed by atoms with Crippen LogP contribution < -0.4 is 5.32 Å². The summed E-state index contributed by atoms with van der Waals surface area (Å²) >= 11 is 0. The second kappa shape index (κ2) is 7.18. The number of nitrogens with one attached hydrogen (secondary N) is 1. The zero-order valence-electron chi connectivity index (χ0n) is 14.5. The summed E-state index contributed by atoms with van der Waals surface area (Å²) in [7, 11) is 1.91. The van der Waals surface area contributed by atoms with Crippen LogP contribution in [0.3, 0.4) is 0 Å². The molecule has 1 aromatic heterocycles. The molecular weight excluding hydrogens is 300 g/mol. The molecule has 0 bridgehead atoms. The fraction of sp³-hybridized carbons (Fsp3) is 0.474. The Labute approximate surface area is 143 Å². The zero-order valence-corrected chi connectivity index (χ0v) is 14.5. The van der Waals surface area contributed by atoms with Gasteiger partial charge in [-0.15, -0.1) is 0 Å². The Balaban J connectivity index is 1.77. The van der Waals surface area contributed by atoms with Crippen LogP contribution in [0, 0.1) is 0 Å². The van der Waals surface area contributed by atoms with Gasteiger partial charge in [0, 0.05) is 26.0 Å². The lowest BCUT2D eigenvalue weighted by Crippen LogP contribution is -2.55. The third-order valence-electron chi connectivity index (χ3n) is 5.03. The molecule has 5 heteroatoms. The Morgan fingerprint density at radius 3 is 2.62 bits per heavy atom. The third-order valence-corrected chi connectivity index (χ3v) is 5.03. The zero-order chi connectivity index (χ0) is 17.0. The number of amides is 1. The Morgan fingerprint density at radius 1 is 1.29 bits per heavy atom. The van der Waals surface area contributed by atoms with Gasteiger partial charge in [0.1, 0.15) is 5.54 Å². The number of aromatic nitrogens is 2. The SMILES string of the molecule is CC(CN(C)C(=O)C1(n2cccn2)CCNCC1)c1ccccc1.